The number of fused-ring (bicyclic) bond motifs is 1. The average molecular weight is 518 g/mol. The molecule has 13 heteroatoms. The number of imidazole rings is 1. The van der Waals surface area contributed by atoms with E-state index < -0.39 is 23.3 Å². The van der Waals surface area contributed by atoms with Crippen molar-refractivity contribution in [1.29, 1.82) is 0 Å². The molecule has 5 rings (SSSR count). The van der Waals surface area contributed by atoms with Gasteiger partial charge >= 0.3 is 6.18 Å². The van der Waals surface area contributed by atoms with Crippen molar-refractivity contribution in [1.82, 2.24) is 19.5 Å². The fourth-order valence-electron chi connectivity index (χ4n) is 4.91. The fraction of sp³-hybridized carbons (Fsp3) is 0.417. The number of anilines is 4. The number of carbonyl (C=O) groups is 1. The maximum absolute atomic E-state index is 14.2. The van der Waals surface area contributed by atoms with E-state index >= 15 is 0 Å². The molecule has 1 aromatic carbocycles. The number of nitrogens with one attached hydrogen (secondary N) is 1. The lowest BCUT2D eigenvalue weighted by molar-refractivity contribution is -0.141. The van der Waals surface area contributed by atoms with Crippen LogP contribution < -0.4 is 19.9 Å². The number of carbonyl (C=O) groups excluding carboxylic acids is 1. The molecule has 0 saturated carbocycles. The molecule has 37 heavy (non-hydrogen) atoms. The highest BCUT2D eigenvalue weighted by Gasteiger charge is 2.53. The van der Waals surface area contributed by atoms with Crippen LogP contribution in [0.2, 0.25) is 0 Å². The summed E-state index contributed by atoms with van der Waals surface area (Å²) in [5, 5.41) is 2.88. The van der Waals surface area contributed by atoms with Gasteiger partial charge in [0.1, 0.15) is 17.0 Å². The molecule has 1 N–H and O–H groups in total. The van der Waals surface area contributed by atoms with Crippen LogP contribution in [-0.4, -0.2) is 65.4 Å². The van der Waals surface area contributed by atoms with E-state index in [2.05, 4.69) is 20.3 Å². The number of alkyl halides is 3. The van der Waals surface area contributed by atoms with E-state index in [-0.39, 0.29) is 17.5 Å². The first-order chi connectivity index (χ1) is 17.5. The van der Waals surface area contributed by atoms with E-state index in [9.17, 15) is 18.0 Å². The van der Waals surface area contributed by atoms with Gasteiger partial charge in [0.15, 0.2) is 11.5 Å². The van der Waals surface area contributed by atoms with Crippen LogP contribution in [0.4, 0.5) is 36.3 Å². The Morgan fingerprint density at radius 1 is 1.16 bits per heavy atom. The Morgan fingerprint density at radius 3 is 2.51 bits per heavy atom. The minimum Gasteiger partial charge on any atom is -0.494 e. The molecule has 10 nitrogen and oxygen atoms in total. The number of rotatable bonds is 4. The van der Waals surface area contributed by atoms with Crippen LogP contribution in [-0.2, 0) is 15.7 Å². The summed E-state index contributed by atoms with van der Waals surface area (Å²) >= 11 is 0. The summed E-state index contributed by atoms with van der Waals surface area (Å²) in [6, 6.07) is 5.07. The van der Waals surface area contributed by atoms with Gasteiger partial charge in [-0.05, 0) is 19.1 Å². The highest BCUT2D eigenvalue weighted by molar-refractivity contribution is 6.08. The van der Waals surface area contributed by atoms with Gasteiger partial charge in [-0.2, -0.15) is 18.2 Å². The lowest BCUT2D eigenvalue weighted by Crippen LogP contribution is -2.64. The predicted octanol–water partition coefficient (Wildman–Crippen LogP) is 3.70. The first kappa shape index (κ1) is 24.8. The summed E-state index contributed by atoms with van der Waals surface area (Å²) in [6.07, 6.45) is -0.672. The number of halogens is 3. The van der Waals surface area contributed by atoms with Gasteiger partial charge < -0.3 is 29.2 Å². The SMILES string of the molecule is COc1cc(Nc2nc3c(c(C(F)(F)F)n2)N(C)C(=O)C2(CCOCC2)N3C)ccc1-n1cnc(C)c1. The number of nitrogens with zero attached hydrogens (tertiary/aromatic N) is 6. The molecule has 0 unspecified atom stereocenters. The minimum absolute atomic E-state index is 0.0197. The second-order valence-corrected chi connectivity index (χ2v) is 9.07. The van der Waals surface area contributed by atoms with Crippen LogP contribution >= 0.6 is 0 Å². The van der Waals surface area contributed by atoms with Gasteiger partial charge in [-0.15, -0.1) is 0 Å². The molecule has 0 radical (unpaired) electrons. The maximum Gasteiger partial charge on any atom is 0.435 e. The molecule has 2 aliphatic rings. The Balaban J connectivity index is 1.58. The Hall–Kier alpha value is -3.87. The van der Waals surface area contributed by atoms with E-state index in [4.69, 9.17) is 9.47 Å². The van der Waals surface area contributed by atoms with Gasteiger partial charge in [0.2, 0.25) is 5.95 Å². The topological polar surface area (TPSA) is 97.6 Å². The van der Waals surface area contributed by atoms with Crippen LogP contribution in [0.3, 0.4) is 0 Å². The lowest BCUT2D eigenvalue weighted by Gasteiger charge is -2.49. The smallest absolute Gasteiger partial charge is 0.435 e. The molecule has 1 saturated heterocycles. The van der Waals surface area contributed by atoms with Gasteiger partial charge in [0.05, 0.1) is 24.8 Å². The number of ether oxygens (including phenoxy) is 2. The quantitative estimate of drug-likeness (QED) is 0.560. The summed E-state index contributed by atoms with van der Waals surface area (Å²) < 4.78 is 55.3. The molecule has 4 heterocycles. The highest BCUT2D eigenvalue weighted by atomic mass is 19.4. The second kappa shape index (κ2) is 8.91. The summed E-state index contributed by atoms with van der Waals surface area (Å²) in [5.74, 6) is -0.196. The molecular formula is C24H26F3N7O3. The third-order valence-corrected chi connectivity index (χ3v) is 6.88. The third kappa shape index (κ3) is 4.12. The van der Waals surface area contributed by atoms with Crippen LogP contribution in [0.15, 0.2) is 30.7 Å². The number of aromatic nitrogens is 4. The Morgan fingerprint density at radius 2 is 1.89 bits per heavy atom. The van der Waals surface area contributed by atoms with Crippen molar-refractivity contribution >= 4 is 29.0 Å². The van der Waals surface area contributed by atoms with Gasteiger partial charge in [-0.3, -0.25) is 4.79 Å². The zero-order chi connectivity index (χ0) is 26.5. The zero-order valence-corrected chi connectivity index (χ0v) is 20.8. The molecular weight excluding hydrogens is 491 g/mol. The van der Waals surface area contributed by atoms with E-state index in [1.165, 1.54) is 14.2 Å². The molecule has 0 bridgehead atoms. The number of aryl methyl sites for hydroxylation is 1. The van der Waals surface area contributed by atoms with Crippen LogP contribution in [0.1, 0.15) is 24.2 Å². The number of likely N-dealkylation sites (N-methyl/N-ethyl adjacent to an activating group) is 2. The number of hydrogen-bond donors (Lipinski definition) is 1. The zero-order valence-electron chi connectivity index (χ0n) is 20.8. The molecule has 0 atom stereocenters. The molecule has 0 aliphatic carbocycles. The molecule has 1 fully saturated rings. The van der Waals surface area contributed by atoms with Crippen molar-refractivity contribution in [2.45, 2.75) is 31.5 Å². The first-order valence-electron chi connectivity index (χ1n) is 11.6. The third-order valence-electron chi connectivity index (χ3n) is 6.88. The van der Waals surface area contributed by atoms with E-state index in [1.54, 1.807) is 41.0 Å². The van der Waals surface area contributed by atoms with E-state index in [0.717, 1.165) is 10.6 Å². The van der Waals surface area contributed by atoms with E-state index in [1.807, 2.05) is 13.1 Å². The predicted molar refractivity (Wildman–Crippen MR) is 130 cm³/mol. The largest absolute Gasteiger partial charge is 0.494 e. The molecule has 2 aliphatic heterocycles. The average Bonchev–Trinajstić information content (AvgIpc) is 3.31. The van der Waals surface area contributed by atoms with Gasteiger partial charge in [-0.1, -0.05) is 0 Å². The summed E-state index contributed by atoms with van der Waals surface area (Å²) in [5.41, 5.74) is -0.650. The van der Waals surface area contributed by atoms with Crippen molar-refractivity contribution in [3.05, 3.63) is 42.1 Å². The molecule has 1 spiro atoms. The molecule has 2 aromatic heterocycles. The first-order valence-corrected chi connectivity index (χ1v) is 11.6. The summed E-state index contributed by atoms with van der Waals surface area (Å²) in [6.45, 7) is 2.51. The van der Waals surface area contributed by atoms with E-state index in [0.29, 0.717) is 43.2 Å². The second-order valence-electron chi connectivity index (χ2n) is 9.07. The van der Waals surface area contributed by atoms with Crippen molar-refractivity contribution in [2.24, 2.45) is 0 Å². The fourth-order valence-corrected chi connectivity index (χ4v) is 4.91. The van der Waals surface area contributed by atoms with Gasteiger partial charge in [-0.25, -0.2) is 9.97 Å². The van der Waals surface area contributed by atoms with Gasteiger partial charge in [0.25, 0.3) is 5.91 Å². The summed E-state index contributed by atoms with van der Waals surface area (Å²) in [4.78, 5) is 28.3. The standard InChI is InChI=1S/C24H26F3N7O3/c1-14-12-34(13-28-14)16-6-5-15(11-17(16)36-4)29-22-30-19(24(25,26)27)18-20(31-22)33(3)23(21(35)32(18)2)7-9-37-10-8-23/h5-6,11-13H,7-10H2,1-4H3,(H,29,30,31). The normalized spacial score (nSPS) is 17.2. The number of methoxy groups -OCH3 is 1. The van der Waals surface area contributed by atoms with Crippen LogP contribution in [0, 0.1) is 6.92 Å². The van der Waals surface area contributed by atoms with Crippen LogP contribution in [0.5, 0.6) is 5.75 Å². The Labute approximate surface area is 211 Å². The molecule has 1 amide bonds. The highest BCUT2D eigenvalue weighted by Crippen LogP contribution is 2.47. The van der Waals surface area contributed by atoms with Gasteiger partial charge in [0, 0.05) is 58.1 Å². The molecule has 3 aromatic rings. The minimum atomic E-state index is -4.82. The number of amides is 1. The van der Waals surface area contributed by atoms with Crippen molar-refractivity contribution in [3.63, 3.8) is 0 Å². The number of benzene rings is 1. The molecule has 196 valence electrons. The van der Waals surface area contributed by atoms with Crippen molar-refractivity contribution in [3.8, 4) is 11.4 Å². The number of hydrogen-bond acceptors (Lipinski definition) is 8. The Kier molecular flexibility index (Phi) is 5.97. The monoisotopic (exact) mass is 517 g/mol. The summed E-state index contributed by atoms with van der Waals surface area (Å²) in [7, 11) is 4.42. The van der Waals surface area contributed by atoms with Crippen molar-refractivity contribution in [2.75, 3.05) is 49.5 Å². The van der Waals surface area contributed by atoms with Crippen LogP contribution in [0.25, 0.3) is 5.69 Å². The Bertz CT molecular complexity index is 1350. The van der Waals surface area contributed by atoms with Crippen molar-refractivity contribution < 1.29 is 27.4 Å². The lowest BCUT2D eigenvalue weighted by atomic mass is 9.84. The maximum atomic E-state index is 14.2.